The van der Waals surface area contributed by atoms with E-state index in [1.165, 1.54) is 0 Å². The van der Waals surface area contributed by atoms with Gasteiger partial charge in [-0.2, -0.15) is 0 Å². The minimum absolute atomic E-state index is 0.120. The van der Waals surface area contributed by atoms with E-state index in [0.717, 1.165) is 44.6 Å². The zero-order valence-electron chi connectivity index (χ0n) is 11.0. The highest BCUT2D eigenvalue weighted by Gasteiger charge is 2.15. The summed E-state index contributed by atoms with van der Waals surface area (Å²) in [4.78, 5) is 2.09. The lowest BCUT2D eigenvalue weighted by Gasteiger charge is -2.29. The number of hydrogen-bond donors (Lipinski definition) is 2. The molecule has 1 fully saturated rings. The number of rotatable bonds is 4. The number of nitrogens with one attached hydrogen (secondary N) is 1. The van der Waals surface area contributed by atoms with Crippen LogP contribution in [0, 0.1) is 5.82 Å². The van der Waals surface area contributed by atoms with Gasteiger partial charge in [0.05, 0.1) is 5.69 Å². The van der Waals surface area contributed by atoms with Crippen LogP contribution in [0.4, 0.5) is 10.1 Å². The molecule has 0 bridgehead atoms. The van der Waals surface area contributed by atoms with Gasteiger partial charge in [0.1, 0.15) is 5.82 Å². The average Bonchev–Trinajstić information content (AvgIpc) is 2.40. The number of hydrogen-bond acceptors (Lipinski definition) is 3. The van der Waals surface area contributed by atoms with E-state index in [1.54, 1.807) is 6.07 Å². The average molecular weight is 251 g/mol. The Balaban J connectivity index is 2.09. The summed E-state index contributed by atoms with van der Waals surface area (Å²) in [6.07, 6.45) is 1.66. The SMILES string of the molecule is CCC(N)Cc1ccc(N2CCNCC2)c(F)c1. The van der Waals surface area contributed by atoms with Crippen molar-refractivity contribution in [3.05, 3.63) is 29.6 Å². The number of anilines is 1. The van der Waals surface area contributed by atoms with E-state index < -0.39 is 0 Å². The third-order valence-electron chi connectivity index (χ3n) is 3.49. The summed E-state index contributed by atoms with van der Waals surface area (Å²) < 4.78 is 14.1. The molecule has 1 aliphatic rings. The Labute approximate surface area is 108 Å². The first-order valence-electron chi connectivity index (χ1n) is 6.70. The Hall–Kier alpha value is -1.13. The number of nitrogens with zero attached hydrogens (tertiary/aromatic N) is 1. The molecule has 0 spiro atoms. The molecule has 3 nitrogen and oxygen atoms in total. The smallest absolute Gasteiger partial charge is 0.146 e. The Kier molecular flexibility index (Phi) is 4.55. The zero-order chi connectivity index (χ0) is 13.0. The summed E-state index contributed by atoms with van der Waals surface area (Å²) in [6.45, 7) is 5.62. The topological polar surface area (TPSA) is 41.3 Å². The molecule has 1 atom stereocenters. The maximum Gasteiger partial charge on any atom is 0.146 e. The van der Waals surface area contributed by atoms with Crippen molar-refractivity contribution in [2.24, 2.45) is 5.73 Å². The van der Waals surface area contributed by atoms with E-state index in [9.17, 15) is 4.39 Å². The predicted molar refractivity (Wildman–Crippen MR) is 73.5 cm³/mol. The number of benzene rings is 1. The zero-order valence-corrected chi connectivity index (χ0v) is 11.0. The van der Waals surface area contributed by atoms with Crippen molar-refractivity contribution in [1.29, 1.82) is 0 Å². The Bertz CT molecular complexity index is 389. The highest BCUT2D eigenvalue weighted by Crippen LogP contribution is 2.21. The number of halogens is 1. The van der Waals surface area contributed by atoms with E-state index >= 15 is 0 Å². The highest BCUT2D eigenvalue weighted by atomic mass is 19.1. The Morgan fingerprint density at radius 1 is 1.39 bits per heavy atom. The van der Waals surface area contributed by atoms with Gasteiger partial charge < -0.3 is 16.0 Å². The maximum absolute atomic E-state index is 14.1. The normalized spacial score (nSPS) is 17.8. The van der Waals surface area contributed by atoms with E-state index in [0.29, 0.717) is 5.69 Å². The third kappa shape index (κ3) is 3.21. The van der Waals surface area contributed by atoms with Crippen LogP contribution in [-0.2, 0) is 6.42 Å². The summed E-state index contributed by atoms with van der Waals surface area (Å²) in [6, 6.07) is 5.63. The first-order chi connectivity index (χ1) is 8.70. The van der Waals surface area contributed by atoms with Gasteiger partial charge in [-0.3, -0.25) is 0 Å². The lowest BCUT2D eigenvalue weighted by atomic mass is 10.0. The van der Waals surface area contributed by atoms with Gasteiger partial charge >= 0.3 is 0 Å². The van der Waals surface area contributed by atoms with Crippen molar-refractivity contribution in [2.45, 2.75) is 25.8 Å². The van der Waals surface area contributed by atoms with Gasteiger partial charge in [-0.15, -0.1) is 0 Å². The molecule has 0 saturated carbocycles. The summed E-state index contributed by atoms with van der Waals surface area (Å²) in [5.41, 5.74) is 7.59. The Morgan fingerprint density at radius 2 is 2.11 bits per heavy atom. The quantitative estimate of drug-likeness (QED) is 0.852. The number of piperazine rings is 1. The predicted octanol–water partition coefficient (Wildman–Crippen LogP) is 1.52. The van der Waals surface area contributed by atoms with Gasteiger partial charge in [0, 0.05) is 32.2 Å². The molecule has 4 heteroatoms. The first kappa shape index (κ1) is 13.3. The van der Waals surface area contributed by atoms with Crippen LogP contribution >= 0.6 is 0 Å². The molecule has 0 amide bonds. The molecule has 0 radical (unpaired) electrons. The second-order valence-electron chi connectivity index (χ2n) is 4.90. The summed E-state index contributed by atoms with van der Waals surface area (Å²) in [7, 11) is 0. The van der Waals surface area contributed by atoms with Crippen molar-refractivity contribution in [2.75, 3.05) is 31.1 Å². The van der Waals surface area contributed by atoms with Gasteiger partial charge in [-0.05, 0) is 30.5 Å². The minimum Gasteiger partial charge on any atom is -0.367 e. The van der Waals surface area contributed by atoms with E-state index in [-0.39, 0.29) is 11.9 Å². The fourth-order valence-electron chi connectivity index (χ4n) is 2.29. The second kappa shape index (κ2) is 6.16. The molecule has 0 aromatic heterocycles. The van der Waals surface area contributed by atoms with Crippen molar-refractivity contribution in [1.82, 2.24) is 5.32 Å². The summed E-state index contributed by atoms with van der Waals surface area (Å²) in [5, 5.41) is 3.27. The lowest BCUT2D eigenvalue weighted by molar-refractivity contribution is 0.564. The van der Waals surface area contributed by atoms with Crippen LogP contribution in [0.3, 0.4) is 0 Å². The molecule has 1 unspecified atom stereocenters. The van der Waals surface area contributed by atoms with Gasteiger partial charge in [0.15, 0.2) is 0 Å². The monoisotopic (exact) mass is 251 g/mol. The van der Waals surface area contributed by atoms with Crippen LogP contribution < -0.4 is 16.0 Å². The standard InChI is InChI=1S/C14H22FN3/c1-2-12(16)9-11-3-4-14(13(15)10-11)18-7-5-17-6-8-18/h3-4,10,12,17H,2,5-9,16H2,1H3. The molecule has 2 rings (SSSR count). The van der Waals surface area contributed by atoms with Crippen LogP contribution in [-0.4, -0.2) is 32.2 Å². The molecule has 1 aliphatic heterocycles. The van der Waals surface area contributed by atoms with Gasteiger partial charge in [-0.1, -0.05) is 13.0 Å². The number of nitrogens with two attached hydrogens (primary N) is 1. The molecular weight excluding hydrogens is 229 g/mol. The van der Waals surface area contributed by atoms with Crippen molar-refractivity contribution < 1.29 is 4.39 Å². The van der Waals surface area contributed by atoms with Crippen LogP contribution in [0.2, 0.25) is 0 Å². The molecule has 1 saturated heterocycles. The van der Waals surface area contributed by atoms with Crippen molar-refractivity contribution in [3.8, 4) is 0 Å². The lowest BCUT2D eigenvalue weighted by Crippen LogP contribution is -2.43. The van der Waals surface area contributed by atoms with E-state index in [1.807, 2.05) is 12.1 Å². The molecule has 1 aromatic carbocycles. The molecule has 18 heavy (non-hydrogen) atoms. The fraction of sp³-hybridized carbons (Fsp3) is 0.571. The molecule has 1 heterocycles. The Morgan fingerprint density at radius 3 is 2.72 bits per heavy atom. The van der Waals surface area contributed by atoms with Crippen LogP contribution in [0.25, 0.3) is 0 Å². The van der Waals surface area contributed by atoms with Gasteiger partial charge in [-0.25, -0.2) is 4.39 Å². The van der Waals surface area contributed by atoms with Gasteiger partial charge in [0.2, 0.25) is 0 Å². The van der Waals surface area contributed by atoms with E-state index in [4.69, 9.17) is 5.73 Å². The van der Waals surface area contributed by atoms with Crippen LogP contribution in [0.1, 0.15) is 18.9 Å². The highest BCUT2D eigenvalue weighted by molar-refractivity contribution is 5.49. The first-order valence-corrected chi connectivity index (χ1v) is 6.70. The van der Waals surface area contributed by atoms with Crippen LogP contribution in [0.15, 0.2) is 18.2 Å². The molecule has 0 aliphatic carbocycles. The largest absolute Gasteiger partial charge is 0.367 e. The van der Waals surface area contributed by atoms with Gasteiger partial charge in [0.25, 0.3) is 0 Å². The molecule has 100 valence electrons. The molecule has 3 N–H and O–H groups in total. The molecule has 1 aromatic rings. The van der Waals surface area contributed by atoms with Crippen LogP contribution in [0.5, 0.6) is 0 Å². The molecular formula is C14H22FN3. The second-order valence-corrected chi connectivity index (χ2v) is 4.90. The van der Waals surface area contributed by atoms with Crippen molar-refractivity contribution >= 4 is 5.69 Å². The van der Waals surface area contributed by atoms with E-state index in [2.05, 4.69) is 17.1 Å². The summed E-state index contributed by atoms with van der Waals surface area (Å²) in [5.74, 6) is -0.127. The maximum atomic E-state index is 14.1. The van der Waals surface area contributed by atoms with Crippen molar-refractivity contribution in [3.63, 3.8) is 0 Å². The minimum atomic E-state index is -0.127. The summed E-state index contributed by atoms with van der Waals surface area (Å²) >= 11 is 0. The fourth-order valence-corrected chi connectivity index (χ4v) is 2.29. The third-order valence-corrected chi connectivity index (χ3v) is 3.49.